The minimum absolute atomic E-state index is 0.132. The van der Waals surface area contributed by atoms with Gasteiger partial charge in [-0.25, -0.2) is 0 Å². The summed E-state index contributed by atoms with van der Waals surface area (Å²) in [6.07, 6.45) is 1.99. The van der Waals surface area contributed by atoms with Gasteiger partial charge in [0.25, 0.3) is 0 Å². The van der Waals surface area contributed by atoms with E-state index in [9.17, 15) is 4.79 Å². The minimum Gasteiger partial charge on any atom is -0.497 e. The SMILES string of the molecule is COc1cc(NC(=O)CCCl)c2nccc(C)c2c1. The number of carbonyl (C=O) groups excluding carboxylic acids is 1. The van der Waals surface area contributed by atoms with Crippen molar-refractivity contribution in [3.63, 3.8) is 0 Å². The van der Waals surface area contributed by atoms with Crippen molar-refractivity contribution in [1.29, 1.82) is 0 Å². The summed E-state index contributed by atoms with van der Waals surface area (Å²) in [5.74, 6) is 0.845. The molecule has 0 aliphatic heterocycles. The number of aromatic nitrogens is 1. The molecule has 0 spiro atoms. The third-order valence-corrected chi connectivity index (χ3v) is 3.06. The van der Waals surface area contributed by atoms with Gasteiger partial charge in [-0.05, 0) is 24.6 Å². The Morgan fingerprint density at radius 2 is 2.26 bits per heavy atom. The molecular weight excluding hydrogens is 264 g/mol. The normalized spacial score (nSPS) is 10.5. The summed E-state index contributed by atoms with van der Waals surface area (Å²) in [6, 6.07) is 5.60. The van der Waals surface area contributed by atoms with E-state index >= 15 is 0 Å². The van der Waals surface area contributed by atoms with Crippen molar-refractivity contribution in [2.75, 3.05) is 18.3 Å². The summed E-state index contributed by atoms with van der Waals surface area (Å²) < 4.78 is 5.25. The zero-order valence-corrected chi connectivity index (χ0v) is 11.6. The first-order valence-corrected chi connectivity index (χ1v) is 6.48. The van der Waals surface area contributed by atoms with Crippen LogP contribution >= 0.6 is 11.6 Å². The van der Waals surface area contributed by atoms with E-state index in [1.807, 2.05) is 19.1 Å². The van der Waals surface area contributed by atoms with Crippen LogP contribution in [0.1, 0.15) is 12.0 Å². The Kier molecular flexibility index (Phi) is 4.22. The molecule has 0 aliphatic carbocycles. The topological polar surface area (TPSA) is 51.2 Å². The monoisotopic (exact) mass is 278 g/mol. The predicted octanol–water partition coefficient (Wildman–Crippen LogP) is 3.12. The Balaban J connectivity index is 2.52. The number of methoxy groups -OCH3 is 1. The Hall–Kier alpha value is -1.81. The highest BCUT2D eigenvalue weighted by molar-refractivity contribution is 6.19. The number of hydrogen-bond donors (Lipinski definition) is 1. The second kappa shape index (κ2) is 5.89. The standard InChI is InChI=1S/C14H15ClN2O2/c1-9-4-6-16-14-11(9)7-10(19-2)8-12(14)17-13(18)3-5-15/h4,6-8H,3,5H2,1-2H3,(H,17,18). The number of hydrogen-bond acceptors (Lipinski definition) is 3. The van der Waals surface area contributed by atoms with E-state index in [1.165, 1.54) is 0 Å². The molecule has 0 unspecified atom stereocenters. The van der Waals surface area contributed by atoms with E-state index in [-0.39, 0.29) is 12.3 Å². The molecule has 0 bridgehead atoms. The average molecular weight is 279 g/mol. The van der Waals surface area contributed by atoms with Crippen LogP contribution in [0.15, 0.2) is 24.4 Å². The fourth-order valence-electron chi connectivity index (χ4n) is 1.87. The molecule has 5 heteroatoms. The number of halogens is 1. The molecule has 0 saturated carbocycles. The van der Waals surface area contributed by atoms with Gasteiger partial charge in [0, 0.05) is 30.0 Å². The van der Waals surface area contributed by atoms with Crippen molar-refractivity contribution in [3.05, 3.63) is 30.0 Å². The van der Waals surface area contributed by atoms with Crippen LogP contribution in [0.5, 0.6) is 5.75 Å². The highest BCUT2D eigenvalue weighted by Gasteiger charge is 2.10. The summed E-state index contributed by atoms with van der Waals surface area (Å²) in [5.41, 5.74) is 2.48. The van der Waals surface area contributed by atoms with Gasteiger partial charge >= 0.3 is 0 Å². The van der Waals surface area contributed by atoms with Crippen LogP contribution in [-0.4, -0.2) is 23.9 Å². The Morgan fingerprint density at radius 1 is 1.47 bits per heavy atom. The lowest BCUT2D eigenvalue weighted by molar-refractivity contribution is -0.115. The van der Waals surface area contributed by atoms with Crippen LogP contribution in [0, 0.1) is 6.92 Å². The number of ether oxygens (including phenoxy) is 1. The van der Waals surface area contributed by atoms with E-state index < -0.39 is 0 Å². The maximum absolute atomic E-state index is 11.7. The highest BCUT2D eigenvalue weighted by Crippen LogP contribution is 2.29. The molecule has 1 amide bonds. The molecule has 4 nitrogen and oxygen atoms in total. The second-order valence-corrected chi connectivity index (χ2v) is 4.56. The number of aryl methyl sites for hydroxylation is 1. The maximum Gasteiger partial charge on any atom is 0.225 e. The Bertz CT molecular complexity index is 614. The number of pyridine rings is 1. The molecule has 1 heterocycles. The van der Waals surface area contributed by atoms with Gasteiger partial charge in [0.15, 0.2) is 0 Å². The minimum atomic E-state index is -0.132. The van der Waals surface area contributed by atoms with Crippen molar-refractivity contribution in [3.8, 4) is 5.75 Å². The van der Waals surface area contributed by atoms with Crippen molar-refractivity contribution < 1.29 is 9.53 Å². The van der Waals surface area contributed by atoms with Gasteiger partial charge in [-0.3, -0.25) is 9.78 Å². The zero-order chi connectivity index (χ0) is 13.8. The molecule has 2 rings (SSSR count). The second-order valence-electron chi connectivity index (χ2n) is 4.19. The molecule has 1 aromatic heterocycles. The number of amides is 1. The maximum atomic E-state index is 11.7. The summed E-state index contributed by atoms with van der Waals surface area (Å²) in [4.78, 5) is 16.0. The molecular formula is C14H15ClN2O2. The highest BCUT2D eigenvalue weighted by atomic mass is 35.5. The predicted molar refractivity (Wildman–Crippen MR) is 77.0 cm³/mol. The molecule has 19 heavy (non-hydrogen) atoms. The van der Waals surface area contributed by atoms with Gasteiger partial charge in [0.05, 0.1) is 18.3 Å². The fourth-order valence-corrected chi connectivity index (χ4v) is 2.04. The number of nitrogens with zero attached hydrogens (tertiary/aromatic N) is 1. The summed E-state index contributed by atoms with van der Waals surface area (Å²) >= 11 is 5.56. The quantitative estimate of drug-likeness (QED) is 0.874. The Morgan fingerprint density at radius 3 is 2.95 bits per heavy atom. The number of carbonyl (C=O) groups is 1. The van der Waals surface area contributed by atoms with Gasteiger partial charge < -0.3 is 10.1 Å². The van der Waals surface area contributed by atoms with E-state index in [1.54, 1.807) is 19.4 Å². The molecule has 0 saturated heterocycles. The number of nitrogens with one attached hydrogen (secondary N) is 1. The molecule has 0 fully saturated rings. The lowest BCUT2D eigenvalue weighted by Crippen LogP contribution is -2.12. The van der Waals surface area contributed by atoms with E-state index in [0.717, 1.165) is 16.5 Å². The lowest BCUT2D eigenvalue weighted by atomic mass is 10.1. The van der Waals surface area contributed by atoms with Crippen molar-refractivity contribution in [2.24, 2.45) is 0 Å². The molecule has 1 N–H and O–H groups in total. The van der Waals surface area contributed by atoms with Gasteiger partial charge in [-0.2, -0.15) is 0 Å². The first-order chi connectivity index (χ1) is 9.15. The molecule has 1 aromatic carbocycles. The van der Waals surface area contributed by atoms with Crippen LogP contribution in [0.2, 0.25) is 0 Å². The van der Waals surface area contributed by atoms with Crippen LogP contribution < -0.4 is 10.1 Å². The smallest absolute Gasteiger partial charge is 0.225 e. The molecule has 100 valence electrons. The summed E-state index contributed by atoms with van der Waals surface area (Å²) in [6.45, 7) is 1.99. The van der Waals surface area contributed by atoms with Gasteiger partial charge in [0.1, 0.15) is 5.75 Å². The zero-order valence-electron chi connectivity index (χ0n) is 10.9. The van der Waals surface area contributed by atoms with Crippen LogP contribution in [0.3, 0.4) is 0 Å². The van der Waals surface area contributed by atoms with E-state index in [4.69, 9.17) is 16.3 Å². The van der Waals surface area contributed by atoms with E-state index in [2.05, 4.69) is 10.3 Å². The first-order valence-electron chi connectivity index (χ1n) is 5.95. The molecule has 0 aliphatic rings. The third-order valence-electron chi connectivity index (χ3n) is 2.87. The van der Waals surface area contributed by atoms with Crippen LogP contribution in [0.25, 0.3) is 10.9 Å². The van der Waals surface area contributed by atoms with Crippen molar-refractivity contribution in [1.82, 2.24) is 4.98 Å². The van der Waals surface area contributed by atoms with Crippen LogP contribution in [-0.2, 0) is 4.79 Å². The van der Waals surface area contributed by atoms with Crippen molar-refractivity contribution in [2.45, 2.75) is 13.3 Å². The van der Waals surface area contributed by atoms with Crippen LogP contribution in [0.4, 0.5) is 5.69 Å². The molecule has 0 atom stereocenters. The number of alkyl halides is 1. The van der Waals surface area contributed by atoms with Crippen molar-refractivity contribution >= 4 is 34.1 Å². The number of anilines is 1. The first kappa shape index (κ1) is 13.6. The number of fused-ring (bicyclic) bond motifs is 1. The fraction of sp³-hybridized carbons (Fsp3) is 0.286. The van der Waals surface area contributed by atoms with Gasteiger partial charge in [-0.1, -0.05) is 0 Å². The van der Waals surface area contributed by atoms with Gasteiger partial charge in [-0.15, -0.1) is 11.6 Å². The molecule has 0 radical (unpaired) electrons. The number of rotatable bonds is 4. The van der Waals surface area contributed by atoms with Gasteiger partial charge in [0.2, 0.25) is 5.91 Å². The third kappa shape index (κ3) is 2.96. The summed E-state index contributed by atoms with van der Waals surface area (Å²) in [5, 5.41) is 3.78. The lowest BCUT2D eigenvalue weighted by Gasteiger charge is -2.11. The summed E-state index contributed by atoms with van der Waals surface area (Å²) in [7, 11) is 1.59. The molecule has 2 aromatic rings. The number of benzene rings is 1. The average Bonchev–Trinajstić information content (AvgIpc) is 2.39. The Labute approximate surface area is 116 Å². The largest absolute Gasteiger partial charge is 0.497 e. The van der Waals surface area contributed by atoms with E-state index in [0.29, 0.717) is 17.3 Å².